The minimum atomic E-state index is -0.395. The molecule has 2 aromatic rings. The van der Waals surface area contributed by atoms with Crippen LogP contribution in [-0.4, -0.2) is 32.1 Å². The maximum Gasteiger partial charge on any atom is 0.337 e. The Morgan fingerprint density at radius 3 is 2.83 bits per heavy atom. The molecule has 0 aliphatic carbocycles. The van der Waals surface area contributed by atoms with Gasteiger partial charge in [-0.25, -0.2) is 4.79 Å². The van der Waals surface area contributed by atoms with Crippen molar-refractivity contribution in [3.8, 4) is 0 Å². The number of fused-ring (bicyclic) bond motifs is 1. The predicted molar refractivity (Wildman–Crippen MR) is 88.8 cm³/mol. The number of carbonyl (C=O) groups excluding carboxylic acids is 2. The van der Waals surface area contributed by atoms with E-state index in [9.17, 15) is 9.59 Å². The van der Waals surface area contributed by atoms with Gasteiger partial charge in [0, 0.05) is 17.9 Å². The summed E-state index contributed by atoms with van der Waals surface area (Å²) in [7, 11) is 1.34. The lowest BCUT2D eigenvalue weighted by molar-refractivity contribution is -0.116. The molecule has 0 saturated heterocycles. The fourth-order valence-electron chi connectivity index (χ4n) is 2.74. The molecule has 1 heterocycles. The summed E-state index contributed by atoms with van der Waals surface area (Å²) in [6.45, 7) is 0.890. The summed E-state index contributed by atoms with van der Waals surface area (Å²) >= 11 is 0. The Morgan fingerprint density at radius 2 is 2.00 bits per heavy atom. The first-order valence-corrected chi connectivity index (χ1v) is 7.49. The number of hydrogen-bond donors (Lipinski definition) is 1. The lowest BCUT2D eigenvalue weighted by atomic mass is 10.2. The van der Waals surface area contributed by atoms with Crippen molar-refractivity contribution in [1.29, 1.82) is 0 Å². The van der Waals surface area contributed by atoms with Crippen molar-refractivity contribution < 1.29 is 14.3 Å². The number of nitrogens with zero attached hydrogens (tertiary/aromatic N) is 1. The second kappa shape index (κ2) is 6.52. The number of hydrogen-bond acceptors (Lipinski definition) is 4. The third kappa shape index (κ3) is 3.18. The topological polar surface area (TPSA) is 58.6 Å². The predicted octanol–water partition coefficient (Wildman–Crippen LogP) is 2.47. The van der Waals surface area contributed by atoms with E-state index in [1.807, 2.05) is 24.3 Å². The van der Waals surface area contributed by atoms with Gasteiger partial charge in [-0.2, -0.15) is 0 Å². The Hall–Kier alpha value is -2.82. The molecule has 0 bridgehead atoms. The van der Waals surface area contributed by atoms with Crippen molar-refractivity contribution in [2.45, 2.75) is 6.42 Å². The molecule has 118 valence electrons. The molecule has 0 saturated carbocycles. The summed E-state index contributed by atoms with van der Waals surface area (Å²) in [5, 5.41) is 3.07. The van der Waals surface area contributed by atoms with Gasteiger partial charge in [-0.1, -0.05) is 24.3 Å². The zero-order chi connectivity index (χ0) is 16.2. The highest BCUT2D eigenvalue weighted by Crippen LogP contribution is 2.27. The van der Waals surface area contributed by atoms with E-state index in [4.69, 9.17) is 4.74 Å². The van der Waals surface area contributed by atoms with Crippen LogP contribution in [0.3, 0.4) is 0 Å². The number of esters is 1. The molecule has 1 amide bonds. The molecule has 23 heavy (non-hydrogen) atoms. The maximum atomic E-state index is 12.4. The van der Waals surface area contributed by atoms with Crippen LogP contribution >= 0.6 is 0 Å². The smallest absolute Gasteiger partial charge is 0.337 e. The second-order valence-electron chi connectivity index (χ2n) is 5.35. The molecular weight excluding hydrogens is 292 g/mol. The van der Waals surface area contributed by atoms with Crippen molar-refractivity contribution in [2.24, 2.45) is 0 Å². The average molecular weight is 310 g/mol. The molecule has 0 unspecified atom stereocenters. The number of nitrogens with one attached hydrogen (secondary N) is 1. The van der Waals surface area contributed by atoms with Crippen LogP contribution in [0.5, 0.6) is 0 Å². The number of carbonyl (C=O) groups is 2. The first-order chi connectivity index (χ1) is 11.2. The Morgan fingerprint density at radius 1 is 1.17 bits per heavy atom. The minimum absolute atomic E-state index is 0.0124. The fourth-order valence-corrected chi connectivity index (χ4v) is 2.74. The van der Waals surface area contributed by atoms with Gasteiger partial charge in [0.25, 0.3) is 0 Å². The summed E-state index contributed by atoms with van der Waals surface area (Å²) < 4.78 is 4.70. The average Bonchev–Trinajstić information content (AvgIpc) is 3.03. The molecule has 5 heteroatoms. The zero-order valence-electron chi connectivity index (χ0n) is 12.9. The van der Waals surface area contributed by atoms with E-state index in [0.717, 1.165) is 12.1 Å². The van der Waals surface area contributed by atoms with Gasteiger partial charge in [0.2, 0.25) is 5.91 Å². The second-order valence-corrected chi connectivity index (χ2v) is 5.35. The standard InChI is InChI=1S/C18H18N2O3/c1-23-18(22)14-6-4-7-15(11-14)19-12-17(21)20-10-9-13-5-2-3-8-16(13)20/h2-8,11,19H,9-10,12H2,1H3. The molecule has 0 spiro atoms. The van der Waals surface area contributed by atoms with Crippen LogP contribution in [0.4, 0.5) is 11.4 Å². The van der Waals surface area contributed by atoms with Crippen LogP contribution in [0.1, 0.15) is 15.9 Å². The first-order valence-electron chi connectivity index (χ1n) is 7.49. The Bertz CT molecular complexity index is 743. The van der Waals surface area contributed by atoms with Crippen LogP contribution in [0.15, 0.2) is 48.5 Å². The Labute approximate surface area is 134 Å². The van der Waals surface area contributed by atoms with E-state index in [1.54, 1.807) is 23.1 Å². The van der Waals surface area contributed by atoms with Crippen LogP contribution in [0.2, 0.25) is 0 Å². The Kier molecular flexibility index (Phi) is 4.28. The number of para-hydroxylation sites is 1. The summed E-state index contributed by atoms with van der Waals surface area (Å²) in [5.74, 6) is -0.383. The quantitative estimate of drug-likeness (QED) is 0.881. The van der Waals surface area contributed by atoms with Crippen LogP contribution in [0, 0.1) is 0 Å². The van der Waals surface area contributed by atoms with Gasteiger partial charge >= 0.3 is 5.97 Å². The van der Waals surface area contributed by atoms with E-state index < -0.39 is 5.97 Å². The highest BCUT2D eigenvalue weighted by Gasteiger charge is 2.23. The zero-order valence-corrected chi connectivity index (χ0v) is 12.9. The third-order valence-corrected chi connectivity index (χ3v) is 3.92. The van der Waals surface area contributed by atoms with Crippen LogP contribution in [0.25, 0.3) is 0 Å². The summed E-state index contributed by atoms with van der Waals surface area (Å²) in [6.07, 6.45) is 0.889. The van der Waals surface area contributed by atoms with E-state index in [2.05, 4.69) is 11.4 Å². The summed E-state index contributed by atoms with van der Waals surface area (Å²) in [4.78, 5) is 25.8. The van der Waals surface area contributed by atoms with E-state index in [-0.39, 0.29) is 12.5 Å². The number of benzene rings is 2. The van der Waals surface area contributed by atoms with E-state index >= 15 is 0 Å². The van der Waals surface area contributed by atoms with Gasteiger partial charge in [-0.3, -0.25) is 4.79 Å². The molecule has 0 atom stereocenters. The van der Waals surface area contributed by atoms with Crippen molar-refractivity contribution in [3.05, 3.63) is 59.7 Å². The minimum Gasteiger partial charge on any atom is -0.465 e. The van der Waals surface area contributed by atoms with Gasteiger partial charge in [-0.05, 0) is 36.2 Å². The molecule has 5 nitrogen and oxygen atoms in total. The van der Waals surface area contributed by atoms with Crippen molar-refractivity contribution in [2.75, 3.05) is 30.4 Å². The molecule has 0 fully saturated rings. The highest BCUT2D eigenvalue weighted by molar-refractivity contribution is 5.98. The normalized spacial score (nSPS) is 12.7. The summed E-state index contributed by atoms with van der Waals surface area (Å²) in [6, 6.07) is 14.9. The lowest BCUT2D eigenvalue weighted by Gasteiger charge is -2.18. The largest absolute Gasteiger partial charge is 0.465 e. The van der Waals surface area contributed by atoms with Crippen LogP contribution in [-0.2, 0) is 16.0 Å². The molecule has 1 aliphatic rings. The Balaban J connectivity index is 1.65. The number of amides is 1. The van der Waals surface area contributed by atoms with Gasteiger partial charge in [-0.15, -0.1) is 0 Å². The van der Waals surface area contributed by atoms with Gasteiger partial charge in [0.1, 0.15) is 0 Å². The fraction of sp³-hybridized carbons (Fsp3) is 0.222. The molecule has 2 aromatic carbocycles. The molecule has 0 radical (unpaired) electrons. The van der Waals surface area contributed by atoms with Crippen molar-refractivity contribution >= 4 is 23.3 Å². The maximum absolute atomic E-state index is 12.4. The number of rotatable bonds is 4. The third-order valence-electron chi connectivity index (χ3n) is 3.92. The van der Waals surface area contributed by atoms with E-state index in [1.165, 1.54) is 12.7 Å². The SMILES string of the molecule is COC(=O)c1cccc(NCC(=O)N2CCc3ccccc32)c1. The van der Waals surface area contributed by atoms with Crippen molar-refractivity contribution in [1.82, 2.24) is 0 Å². The van der Waals surface area contributed by atoms with Crippen molar-refractivity contribution in [3.63, 3.8) is 0 Å². The molecule has 3 rings (SSSR count). The lowest BCUT2D eigenvalue weighted by Crippen LogP contribution is -2.34. The highest BCUT2D eigenvalue weighted by atomic mass is 16.5. The van der Waals surface area contributed by atoms with E-state index in [0.29, 0.717) is 17.8 Å². The number of methoxy groups -OCH3 is 1. The summed E-state index contributed by atoms with van der Waals surface area (Å²) in [5.41, 5.74) is 3.36. The molecule has 1 aliphatic heterocycles. The van der Waals surface area contributed by atoms with Gasteiger partial charge in [0.15, 0.2) is 0 Å². The number of anilines is 2. The monoisotopic (exact) mass is 310 g/mol. The molecule has 1 N–H and O–H groups in total. The van der Waals surface area contributed by atoms with Gasteiger partial charge in [0.05, 0.1) is 19.2 Å². The molecular formula is C18H18N2O3. The molecule has 0 aromatic heterocycles. The van der Waals surface area contributed by atoms with Crippen LogP contribution < -0.4 is 10.2 Å². The van der Waals surface area contributed by atoms with Gasteiger partial charge < -0.3 is 15.0 Å². The first kappa shape index (κ1) is 15.1. The number of ether oxygens (including phenoxy) is 1.